The number of benzene rings is 4. The molecular formula is C41H40N2O10. The van der Waals surface area contributed by atoms with Crippen LogP contribution in [0.15, 0.2) is 119 Å². The van der Waals surface area contributed by atoms with Crippen molar-refractivity contribution in [2.75, 3.05) is 27.9 Å². The van der Waals surface area contributed by atoms with Crippen molar-refractivity contribution >= 4 is 11.9 Å². The van der Waals surface area contributed by atoms with Crippen LogP contribution in [0.2, 0.25) is 0 Å². The SMILES string of the molecule is COc1ccc(C(=O)n2c(=O)c(C)cn([C@@H]3C[C@@H](OC(C)=O)[C@H](COC(c4ccccc4)(c4ccc(OC)cc4)c4ccc(OC)cc4)O3)c2=O)cc1. The van der Waals surface area contributed by atoms with Crippen LogP contribution in [-0.4, -0.2) is 61.2 Å². The van der Waals surface area contributed by atoms with Gasteiger partial charge < -0.3 is 28.4 Å². The Morgan fingerprint density at radius 1 is 0.755 bits per heavy atom. The molecule has 0 N–H and O–H groups in total. The third-order valence-corrected chi connectivity index (χ3v) is 9.27. The maximum Gasteiger partial charge on any atom is 0.340 e. The minimum Gasteiger partial charge on any atom is -0.497 e. The highest BCUT2D eigenvalue weighted by atomic mass is 16.6. The van der Waals surface area contributed by atoms with E-state index >= 15 is 0 Å². The van der Waals surface area contributed by atoms with E-state index in [2.05, 4.69) is 0 Å². The van der Waals surface area contributed by atoms with Crippen LogP contribution in [-0.2, 0) is 24.6 Å². The Bertz CT molecular complexity index is 2130. The molecule has 1 fully saturated rings. The second-order valence-corrected chi connectivity index (χ2v) is 12.5. The van der Waals surface area contributed by atoms with Gasteiger partial charge in [0.25, 0.3) is 11.5 Å². The number of ether oxygens (including phenoxy) is 6. The van der Waals surface area contributed by atoms with Crippen LogP contribution in [0.1, 0.15) is 52.2 Å². The molecule has 0 aliphatic carbocycles. The van der Waals surface area contributed by atoms with Gasteiger partial charge in [0.2, 0.25) is 0 Å². The average molecular weight is 721 g/mol. The molecular weight excluding hydrogens is 680 g/mol. The number of aromatic nitrogens is 2. The van der Waals surface area contributed by atoms with Crippen molar-refractivity contribution in [2.24, 2.45) is 0 Å². The summed E-state index contributed by atoms with van der Waals surface area (Å²) in [4.78, 5) is 53.1. The van der Waals surface area contributed by atoms with Crippen LogP contribution in [0, 0.1) is 6.92 Å². The lowest BCUT2D eigenvalue weighted by atomic mass is 9.80. The third-order valence-electron chi connectivity index (χ3n) is 9.27. The van der Waals surface area contributed by atoms with Crippen LogP contribution in [0.4, 0.5) is 0 Å². The summed E-state index contributed by atoms with van der Waals surface area (Å²) in [6, 6.07) is 30.8. The summed E-state index contributed by atoms with van der Waals surface area (Å²) in [6.45, 7) is 2.70. The van der Waals surface area contributed by atoms with Crippen molar-refractivity contribution < 1.29 is 38.0 Å². The first-order valence-electron chi connectivity index (χ1n) is 16.9. The molecule has 0 bridgehead atoms. The van der Waals surface area contributed by atoms with Gasteiger partial charge >= 0.3 is 11.7 Å². The Kier molecular flexibility index (Phi) is 10.9. The highest BCUT2D eigenvalue weighted by Crippen LogP contribution is 2.43. The fourth-order valence-corrected chi connectivity index (χ4v) is 6.59. The lowest BCUT2D eigenvalue weighted by molar-refractivity contribution is -0.153. The molecule has 6 rings (SSSR count). The van der Waals surface area contributed by atoms with Gasteiger partial charge in [0.05, 0.1) is 27.9 Å². The standard InChI is InChI=1S/C41H40N2O10/c1-26-24-42(40(47)43(38(26)45)39(46)28-11-17-32(48-3)18-12-28)37-23-35(52-27(2)44)36(53-37)25-51-41(29-9-7-6-8-10-29,30-13-19-33(49-4)20-14-30)31-15-21-34(50-5)22-16-31/h6-22,24,35-37H,23,25H2,1-5H3/t35-,36+,37+/m1/s1. The molecule has 0 radical (unpaired) electrons. The number of carbonyl (C=O) groups excluding carboxylic acids is 2. The van der Waals surface area contributed by atoms with E-state index in [4.69, 9.17) is 28.4 Å². The maximum absolute atomic E-state index is 13.9. The van der Waals surface area contributed by atoms with Gasteiger partial charge in [-0.25, -0.2) is 4.79 Å². The number of rotatable bonds is 12. The molecule has 5 aromatic rings. The lowest BCUT2D eigenvalue weighted by Crippen LogP contribution is -2.45. The Morgan fingerprint density at radius 2 is 1.26 bits per heavy atom. The number of esters is 1. The van der Waals surface area contributed by atoms with Gasteiger partial charge in [-0.2, -0.15) is 4.57 Å². The van der Waals surface area contributed by atoms with Crippen molar-refractivity contribution in [2.45, 2.75) is 44.3 Å². The third kappa shape index (κ3) is 7.37. The monoisotopic (exact) mass is 720 g/mol. The highest BCUT2D eigenvalue weighted by Gasteiger charge is 2.44. The van der Waals surface area contributed by atoms with E-state index in [9.17, 15) is 19.2 Å². The summed E-state index contributed by atoms with van der Waals surface area (Å²) in [5, 5.41) is 0. The van der Waals surface area contributed by atoms with Gasteiger partial charge in [-0.1, -0.05) is 54.6 Å². The van der Waals surface area contributed by atoms with Gasteiger partial charge in [-0.15, -0.1) is 0 Å². The largest absolute Gasteiger partial charge is 0.497 e. The van der Waals surface area contributed by atoms with E-state index < -0.39 is 47.2 Å². The first kappa shape index (κ1) is 36.8. The van der Waals surface area contributed by atoms with Crippen molar-refractivity contribution in [3.63, 3.8) is 0 Å². The van der Waals surface area contributed by atoms with E-state index in [1.165, 1.54) is 43.9 Å². The summed E-state index contributed by atoms with van der Waals surface area (Å²) < 4.78 is 37.1. The van der Waals surface area contributed by atoms with Crippen LogP contribution in [0.25, 0.3) is 0 Å². The molecule has 0 saturated carbocycles. The van der Waals surface area contributed by atoms with Crippen LogP contribution in [0.3, 0.4) is 0 Å². The van der Waals surface area contributed by atoms with E-state index in [1.54, 1.807) is 26.4 Å². The summed E-state index contributed by atoms with van der Waals surface area (Å²) in [7, 11) is 4.68. The summed E-state index contributed by atoms with van der Waals surface area (Å²) in [5.74, 6) is 0.480. The molecule has 2 heterocycles. The Hall–Kier alpha value is -5.98. The number of carbonyl (C=O) groups is 2. The van der Waals surface area contributed by atoms with Gasteiger partial charge in [0, 0.05) is 30.7 Å². The number of hydrogen-bond donors (Lipinski definition) is 0. The van der Waals surface area contributed by atoms with Gasteiger partial charge in [-0.05, 0) is 72.1 Å². The first-order valence-corrected chi connectivity index (χ1v) is 16.9. The first-order chi connectivity index (χ1) is 25.6. The molecule has 12 heteroatoms. The molecule has 12 nitrogen and oxygen atoms in total. The minimum absolute atomic E-state index is 0.0469. The predicted octanol–water partition coefficient (Wildman–Crippen LogP) is 5.26. The normalized spacial score (nSPS) is 16.9. The van der Waals surface area contributed by atoms with E-state index in [0.29, 0.717) is 21.8 Å². The molecule has 1 saturated heterocycles. The molecule has 0 amide bonds. The van der Waals surface area contributed by atoms with Gasteiger partial charge in [-0.3, -0.25) is 19.0 Å². The Balaban J connectivity index is 1.39. The zero-order chi connectivity index (χ0) is 37.7. The minimum atomic E-state index is -1.20. The molecule has 53 heavy (non-hydrogen) atoms. The lowest BCUT2D eigenvalue weighted by Gasteiger charge is -2.37. The Labute approximate surface area is 306 Å². The van der Waals surface area contributed by atoms with Crippen LogP contribution in [0.5, 0.6) is 17.2 Å². The molecule has 3 atom stereocenters. The van der Waals surface area contributed by atoms with Crippen molar-refractivity contribution in [1.82, 2.24) is 9.13 Å². The fourth-order valence-electron chi connectivity index (χ4n) is 6.59. The second kappa shape index (κ2) is 15.7. The molecule has 0 unspecified atom stereocenters. The van der Waals surface area contributed by atoms with Crippen molar-refractivity contribution in [3.05, 3.63) is 158 Å². The Morgan fingerprint density at radius 3 is 1.77 bits per heavy atom. The van der Waals surface area contributed by atoms with Crippen LogP contribution >= 0.6 is 0 Å². The average Bonchev–Trinajstić information content (AvgIpc) is 3.58. The zero-order valence-corrected chi connectivity index (χ0v) is 30.0. The number of nitrogens with zero attached hydrogens (tertiary/aromatic N) is 2. The van der Waals surface area contributed by atoms with Crippen molar-refractivity contribution in [1.29, 1.82) is 0 Å². The quantitative estimate of drug-likeness (QED) is 0.124. The van der Waals surface area contributed by atoms with Gasteiger partial charge in [0.1, 0.15) is 41.3 Å². The molecule has 1 aromatic heterocycles. The van der Waals surface area contributed by atoms with Gasteiger partial charge in [0.15, 0.2) is 0 Å². The molecule has 1 aliphatic heterocycles. The second-order valence-electron chi connectivity index (χ2n) is 12.5. The molecule has 0 spiro atoms. The summed E-state index contributed by atoms with van der Waals surface area (Å²) in [5.41, 5.74) is -0.224. The van der Waals surface area contributed by atoms with E-state index in [1.807, 2.05) is 78.9 Å². The smallest absolute Gasteiger partial charge is 0.340 e. The van der Waals surface area contributed by atoms with Crippen LogP contribution < -0.4 is 25.5 Å². The molecule has 4 aromatic carbocycles. The molecule has 1 aliphatic rings. The van der Waals surface area contributed by atoms with Crippen molar-refractivity contribution in [3.8, 4) is 17.2 Å². The zero-order valence-electron chi connectivity index (χ0n) is 30.0. The maximum atomic E-state index is 13.9. The summed E-state index contributed by atoms with van der Waals surface area (Å²) in [6.07, 6.45) is -1.33. The predicted molar refractivity (Wildman–Crippen MR) is 195 cm³/mol. The number of hydrogen-bond acceptors (Lipinski definition) is 10. The fraction of sp³-hybridized carbons (Fsp3) is 0.268. The summed E-state index contributed by atoms with van der Waals surface area (Å²) >= 11 is 0. The van der Waals surface area contributed by atoms with E-state index in [-0.39, 0.29) is 24.2 Å². The topological polar surface area (TPSA) is 134 Å². The molecule has 274 valence electrons. The van der Waals surface area contributed by atoms with E-state index in [0.717, 1.165) is 16.7 Å². The highest BCUT2D eigenvalue weighted by molar-refractivity contribution is 5.95. The number of methoxy groups -OCH3 is 3. The number of aryl methyl sites for hydroxylation is 1.